The first-order valence-corrected chi connectivity index (χ1v) is 10.6. The van der Waals surface area contributed by atoms with Crippen LogP contribution in [0.25, 0.3) is 0 Å². The fraction of sp³-hybridized carbons (Fsp3) is 1.00. The molecule has 0 unspecified atom stereocenters. The summed E-state index contributed by atoms with van der Waals surface area (Å²) in [6.45, 7) is 17.4. The minimum Gasteiger partial charge on any atom is -0.0683 e. The molecule has 0 spiro atoms. The van der Waals surface area contributed by atoms with Gasteiger partial charge in [-0.3, -0.25) is 0 Å². The molecule has 2 rings (SSSR count). The fourth-order valence-electron chi connectivity index (χ4n) is 3.60. The largest absolute Gasteiger partial charge is 0.0683 e. The zero-order valence-corrected chi connectivity index (χ0v) is 17.4. The van der Waals surface area contributed by atoms with Gasteiger partial charge >= 0.3 is 0 Å². The molecule has 2 saturated carbocycles. The highest BCUT2D eigenvalue weighted by Crippen LogP contribution is 2.29. The van der Waals surface area contributed by atoms with Crippen LogP contribution in [-0.2, 0) is 0 Å². The third kappa shape index (κ3) is 12.5. The number of rotatable bonds is 2. The standard InChI is InChI=1S/2C9H18.2C2H6/c2*1-8(2)9-6-4-3-5-7-9;2*1-2/h2*8-9H,3-7H2,1-2H3;2*1-2H3. The lowest BCUT2D eigenvalue weighted by Gasteiger charge is -2.24. The molecule has 0 atom stereocenters. The zero-order chi connectivity index (χ0) is 17.4. The first-order chi connectivity index (χ1) is 10.6. The second kappa shape index (κ2) is 17.4. The van der Waals surface area contributed by atoms with Crippen molar-refractivity contribution in [3.8, 4) is 0 Å². The van der Waals surface area contributed by atoms with Crippen LogP contribution in [0.1, 0.15) is 120 Å². The fourth-order valence-corrected chi connectivity index (χ4v) is 3.60. The van der Waals surface area contributed by atoms with Gasteiger partial charge in [-0.15, -0.1) is 0 Å². The molecule has 0 heterocycles. The van der Waals surface area contributed by atoms with Gasteiger partial charge in [0.15, 0.2) is 0 Å². The van der Waals surface area contributed by atoms with E-state index in [1.807, 2.05) is 27.7 Å². The van der Waals surface area contributed by atoms with Gasteiger partial charge in [-0.25, -0.2) is 0 Å². The van der Waals surface area contributed by atoms with Gasteiger partial charge in [0.2, 0.25) is 0 Å². The maximum absolute atomic E-state index is 2.36. The lowest BCUT2D eigenvalue weighted by Crippen LogP contribution is -2.12. The first-order valence-electron chi connectivity index (χ1n) is 10.6. The summed E-state index contributed by atoms with van der Waals surface area (Å²) >= 11 is 0. The van der Waals surface area contributed by atoms with Crippen LogP contribution in [0, 0.1) is 23.7 Å². The second-order valence-electron chi connectivity index (χ2n) is 7.28. The molecule has 0 radical (unpaired) electrons. The summed E-state index contributed by atoms with van der Waals surface area (Å²) in [6.07, 6.45) is 14.9. The molecule has 136 valence electrons. The first kappa shape index (κ1) is 24.3. The molecule has 0 aromatic heterocycles. The molecule has 0 nitrogen and oxygen atoms in total. The van der Waals surface area contributed by atoms with Crippen molar-refractivity contribution in [2.24, 2.45) is 23.7 Å². The predicted molar refractivity (Wildman–Crippen MR) is 106 cm³/mol. The molecule has 0 aliphatic heterocycles. The van der Waals surface area contributed by atoms with Crippen molar-refractivity contribution in [1.82, 2.24) is 0 Å². The van der Waals surface area contributed by atoms with Crippen LogP contribution in [0.15, 0.2) is 0 Å². The number of hydrogen-bond acceptors (Lipinski definition) is 0. The predicted octanol–water partition coefficient (Wildman–Crippen LogP) is 8.50. The van der Waals surface area contributed by atoms with E-state index in [4.69, 9.17) is 0 Å². The zero-order valence-electron chi connectivity index (χ0n) is 17.4. The highest BCUT2D eigenvalue weighted by atomic mass is 14.2. The second-order valence-corrected chi connectivity index (χ2v) is 7.28. The maximum Gasteiger partial charge on any atom is -0.0391 e. The Hall–Kier alpha value is 0. The summed E-state index contributed by atoms with van der Waals surface area (Å²) in [6, 6.07) is 0. The van der Waals surface area contributed by atoms with Crippen molar-refractivity contribution in [2.75, 3.05) is 0 Å². The van der Waals surface area contributed by atoms with E-state index in [2.05, 4.69) is 27.7 Å². The van der Waals surface area contributed by atoms with Crippen molar-refractivity contribution in [1.29, 1.82) is 0 Å². The molecule has 0 heteroatoms. The van der Waals surface area contributed by atoms with Gasteiger partial charge in [0, 0.05) is 0 Å². The van der Waals surface area contributed by atoms with Crippen molar-refractivity contribution >= 4 is 0 Å². The van der Waals surface area contributed by atoms with Crippen molar-refractivity contribution in [3.63, 3.8) is 0 Å². The van der Waals surface area contributed by atoms with Crippen LogP contribution in [0.3, 0.4) is 0 Å². The lowest BCUT2D eigenvalue weighted by molar-refractivity contribution is 0.279. The molecule has 22 heavy (non-hydrogen) atoms. The van der Waals surface area contributed by atoms with Crippen LogP contribution in [0.5, 0.6) is 0 Å². The van der Waals surface area contributed by atoms with E-state index in [0.717, 1.165) is 23.7 Å². The SMILES string of the molecule is CC.CC.CC(C)C1CCCCC1.CC(C)C1CCCCC1. The minimum absolute atomic E-state index is 0.935. The van der Waals surface area contributed by atoms with E-state index in [0.29, 0.717) is 0 Å². The molecule has 0 bridgehead atoms. The van der Waals surface area contributed by atoms with Gasteiger partial charge in [0.25, 0.3) is 0 Å². The summed E-state index contributed by atoms with van der Waals surface area (Å²) in [5.74, 6) is 3.98. The van der Waals surface area contributed by atoms with E-state index in [-0.39, 0.29) is 0 Å². The van der Waals surface area contributed by atoms with Crippen LogP contribution in [0.4, 0.5) is 0 Å². The molecule has 2 fully saturated rings. The van der Waals surface area contributed by atoms with Gasteiger partial charge < -0.3 is 0 Å². The van der Waals surface area contributed by atoms with E-state index in [1.165, 1.54) is 64.2 Å². The summed E-state index contributed by atoms with van der Waals surface area (Å²) in [4.78, 5) is 0. The van der Waals surface area contributed by atoms with Crippen LogP contribution in [-0.4, -0.2) is 0 Å². The van der Waals surface area contributed by atoms with Gasteiger partial charge in [-0.05, 0) is 23.7 Å². The molecule has 2 aliphatic carbocycles. The third-order valence-electron chi connectivity index (χ3n) is 5.19. The summed E-state index contributed by atoms with van der Waals surface area (Å²) in [7, 11) is 0. The van der Waals surface area contributed by atoms with Crippen LogP contribution < -0.4 is 0 Å². The van der Waals surface area contributed by atoms with Crippen molar-refractivity contribution in [2.45, 2.75) is 120 Å². The molecule has 0 saturated heterocycles. The smallest absolute Gasteiger partial charge is 0.0391 e. The Morgan fingerprint density at radius 1 is 0.455 bits per heavy atom. The van der Waals surface area contributed by atoms with Gasteiger partial charge in [-0.1, -0.05) is 120 Å². The molecule has 0 N–H and O–H groups in total. The summed E-state index contributed by atoms with van der Waals surface area (Å²) in [5.41, 5.74) is 0. The average Bonchev–Trinajstić information content (AvgIpc) is 2.60. The van der Waals surface area contributed by atoms with Crippen molar-refractivity contribution < 1.29 is 0 Å². The molecule has 0 amide bonds. The summed E-state index contributed by atoms with van der Waals surface area (Å²) in [5, 5.41) is 0. The van der Waals surface area contributed by atoms with E-state index < -0.39 is 0 Å². The molecule has 0 aromatic rings. The molecular formula is C22H48. The maximum atomic E-state index is 2.36. The van der Waals surface area contributed by atoms with Gasteiger partial charge in [-0.2, -0.15) is 0 Å². The van der Waals surface area contributed by atoms with Crippen LogP contribution in [0.2, 0.25) is 0 Å². The lowest BCUT2D eigenvalue weighted by atomic mass is 9.82. The topological polar surface area (TPSA) is 0 Å². The Kier molecular flexibility index (Phi) is 19.1. The monoisotopic (exact) mass is 312 g/mol. The highest BCUT2D eigenvalue weighted by Gasteiger charge is 2.16. The van der Waals surface area contributed by atoms with Gasteiger partial charge in [0.1, 0.15) is 0 Å². The Morgan fingerprint density at radius 3 is 0.818 bits per heavy atom. The van der Waals surface area contributed by atoms with Crippen molar-refractivity contribution in [3.05, 3.63) is 0 Å². The highest BCUT2D eigenvalue weighted by molar-refractivity contribution is 4.68. The van der Waals surface area contributed by atoms with E-state index in [9.17, 15) is 0 Å². The minimum atomic E-state index is 0.935. The number of hydrogen-bond donors (Lipinski definition) is 0. The van der Waals surface area contributed by atoms with E-state index in [1.54, 1.807) is 0 Å². The van der Waals surface area contributed by atoms with E-state index >= 15 is 0 Å². The van der Waals surface area contributed by atoms with Crippen LogP contribution >= 0.6 is 0 Å². The van der Waals surface area contributed by atoms with Gasteiger partial charge in [0.05, 0.1) is 0 Å². The average molecular weight is 313 g/mol. The Labute approximate surface area is 143 Å². The normalized spacial score (nSPS) is 19.4. The Bertz CT molecular complexity index is 158. The summed E-state index contributed by atoms with van der Waals surface area (Å²) < 4.78 is 0. The Balaban J connectivity index is 0. The molecule has 2 aliphatic rings. The Morgan fingerprint density at radius 2 is 0.682 bits per heavy atom. The quantitative estimate of drug-likeness (QED) is 0.479. The molecule has 0 aromatic carbocycles. The molecular weight excluding hydrogens is 264 g/mol. The third-order valence-corrected chi connectivity index (χ3v) is 5.19.